The Kier molecular flexibility index (Phi) is 5.22. The zero-order valence-electron chi connectivity index (χ0n) is 7.93. The van der Waals surface area contributed by atoms with Gasteiger partial charge >= 0.3 is 0 Å². The van der Waals surface area contributed by atoms with E-state index < -0.39 is 0 Å². The topological polar surface area (TPSA) is 20.2 Å². The van der Waals surface area contributed by atoms with Crippen LogP contribution in [0, 0.1) is 11.8 Å². The lowest BCUT2D eigenvalue weighted by Gasteiger charge is -2.14. The molecule has 0 fully saturated rings. The molecule has 0 aromatic heterocycles. The maximum Gasteiger partial charge on any atom is 0.0456 e. The lowest BCUT2D eigenvalue weighted by atomic mass is 9.93. The quantitative estimate of drug-likeness (QED) is 0.607. The van der Waals surface area contributed by atoms with Gasteiger partial charge in [-0.25, -0.2) is 0 Å². The number of allylic oxidation sites excluding steroid dienone is 1. The molecule has 0 saturated carbocycles. The van der Waals surface area contributed by atoms with Gasteiger partial charge in [-0.1, -0.05) is 19.4 Å². The minimum absolute atomic E-state index is 0.306. The van der Waals surface area contributed by atoms with Crippen LogP contribution in [-0.4, -0.2) is 11.7 Å². The van der Waals surface area contributed by atoms with Crippen LogP contribution in [0.1, 0.15) is 33.6 Å². The van der Waals surface area contributed by atoms with E-state index in [0.29, 0.717) is 18.4 Å². The summed E-state index contributed by atoms with van der Waals surface area (Å²) >= 11 is 0. The molecule has 2 atom stereocenters. The summed E-state index contributed by atoms with van der Waals surface area (Å²) in [5, 5.41) is 8.80. The van der Waals surface area contributed by atoms with Gasteiger partial charge in [0.15, 0.2) is 0 Å². The lowest BCUT2D eigenvalue weighted by Crippen LogP contribution is -2.07. The van der Waals surface area contributed by atoms with Crippen molar-refractivity contribution in [2.75, 3.05) is 6.61 Å². The zero-order valence-corrected chi connectivity index (χ0v) is 7.93. The minimum atomic E-state index is 0.306. The van der Waals surface area contributed by atoms with Crippen molar-refractivity contribution in [3.05, 3.63) is 12.2 Å². The maximum absolute atomic E-state index is 8.80. The highest BCUT2D eigenvalue weighted by Gasteiger charge is 2.07. The molecule has 0 aliphatic heterocycles. The number of aliphatic hydroxyl groups excluding tert-OH is 1. The SMILES string of the molecule is C=C(C)C[C@@H](C)C[C@@H](C)CO. The molecule has 0 spiro atoms. The third-order valence-corrected chi connectivity index (χ3v) is 1.81. The molecule has 0 unspecified atom stereocenters. The molecule has 0 aromatic carbocycles. The van der Waals surface area contributed by atoms with E-state index in [1.807, 2.05) is 0 Å². The summed E-state index contributed by atoms with van der Waals surface area (Å²) in [6, 6.07) is 0. The number of rotatable bonds is 5. The summed E-state index contributed by atoms with van der Waals surface area (Å²) in [4.78, 5) is 0. The van der Waals surface area contributed by atoms with Gasteiger partial charge in [0.2, 0.25) is 0 Å². The van der Waals surface area contributed by atoms with Gasteiger partial charge in [0, 0.05) is 6.61 Å². The first-order chi connectivity index (χ1) is 5.06. The maximum atomic E-state index is 8.80. The molecule has 0 heterocycles. The van der Waals surface area contributed by atoms with Crippen LogP contribution in [0.4, 0.5) is 0 Å². The summed E-state index contributed by atoms with van der Waals surface area (Å²) in [7, 11) is 0. The molecule has 0 rings (SSSR count). The molecule has 0 bridgehead atoms. The molecule has 66 valence electrons. The van der Waals surface area contributed by atoms with E-state index in [2.05, 4.69) is 27.4 Å². The standard InChI is InChI=1S/C10H20O/c1-8(2)5-9(3)6-10(4)7-11/h9-11H,1,5-7H2,2-4H3/t9-,10-/m1/s1. The molecule has 0 saturated heterocycles. The Balaban J connectivity index is 3.51. The second-order valence-electron chi connectivity index (χ2n) is 3.79. The second-order valence-corrected chi connectivity index (χ2v) is 3.79. The van der Waals surface area contributed by atoms with Gasteiger partial charge in [-0.15, -0.1) is 6.58 Å². The number of aliphatic hydroxyl groups is 1. The summed E-state index contributed by atoms with van der Waals surface area (Å²) in [6.45, 7) is 10.5. The van der Waals surface area contributed by atoms with E-state index in [1.165, 1.54) is 5.57 Å². The predicted octanol–water partition coefficient (Wildman–Crippen LogP) is 2.61. The fourth-order valence-electron chi connectivity index (χ4n) is 1.44. The first-order valence-electron chi connectivity index (χ1n) is 4.31. The molecule has 0 aliphatic carbocycles. The average molecular weight is 156 g/mol. The Labute approximate surface area is 70.1 Å². The third kappa shape index (κ3) is 6.11. The highest BCUT2D eigenvalue weighted by atomic mass is 16.3. The zero-order chi connectivity index (χ0) is 8.85. The van der Waals surface area contributed by atoms with E-state index in [1.54, 1.807) is 0 Å². The van der Waals surface area contributed by atoms with Gasteiger partial charge in [-0.05, 0) is 31.6 Å². The van der Waals surface area contributed by atoms with Crippen molar-refractivity contribution in [2.24, 2.45) is 11.8 Å². The summed E-state index contributed by atoms with van der Waals surface area (Å²) in [5.74, 6) is 1.10. The number of hydrogen-bond acceptors (Lipinski definition) is 1. The van der Waals surface area contributed by atoms with Crippen LogP contribution in [0.15, 0.2) is 12.2 Å². The van der Waals surface area contributed by atoms with Crippen molar-refractivity contribution in [3.8, 4) is 0 Å². The van der Waals surface area contributed by atoms with E-state index in [-0.39, 0.29) is 0 Å². The second kappa shape index (κ2) is 5.36. The number of hydrogen-bond donors (Lipinski definition) is 1. The van der Waals surface area contributed by atoms with Gasteiger partial charge in [0.1, 0.15) is 0 Å². The van der Waals surface area contributed by atoms with Crippen LogP contribution in [0.3, 0.4) is 0 Å². The van der Waals surface area contributed by atoms with Gasteiger partial charge in [0.25, 0.3) is 0 Å². The Morgan fingerprint density at radius 1 is 1.36 bits per heavy atom. The Morgan fingerprint density at radius 3 is 2.27 bits per heavy atom. The van der Waals surface area contributed by atoms with Gasteiger partial charge in [-0.3, -0.25) is 0 Å². The van der Waals surface area contributed by atoms with Crippen molar-refractivity contribution in [3.63, 3.8) is 0 Å². The van der Waals surface area contributed by atoms with Gasteiger partial charge in [0.05, 0.1) is 0 Å². The molecule has 1 N–H and O–H groups in total. The van der Waals surface area contributed by atoms with Crippen molar-refractivity contribution in [1.29, 1.82) is 0 Å². The fourth-order valence-corrected chi connectivity index (χ4v) is 1.44. The normalized spacial score (nSPS) is 16.0. The molecule has 1 heteroatoms. The van der Waals surface area contributed by atoms with E-state index >= 15 is 0 Å². The van der Waals surface area contributed by atoms with Gasteiger partial charge < -0.3 is 5.11 Å². The van der Waals surface area contributed by atoms with Crippen LogP contribution in [0.2, 0.25) is 0 Å². The van der Waals surface area contributed by atoms with Crippen LogP contribution in [0.25, 0.3) is 0 Å². The summed E-state index contributed by atoms with van der Waals surface area (Å²) < 4.78 is 0. The van der Waals surface area contributed by atoms with Gasteiger partial charge in [-0.2, -0.15) is 0 Å². The minimum Gasteiger partial charge on any atom is -0.396 e. The molecule has 0 aromatic rings. The molecular formula is C10H20O. The Bertz CT molecular complexity index is 118. The highest BCUT2D eigenvalue weighted by molar-refractivity contribution is 4.89. The molecule has 11 heavy (non-hydrogen) atoms. The van der Waals surface area contributed by atoms with Crippen LogP contribution in [0.5, 0.6) is 0 Å². The monoisotopic (exact) mass is 156 g/mol. The first kappa shape index (κ1) is 10.7. The summed E-state index contributed by atoms with van der Waals surface area (Å²) in [5.41, 5.74) is 1.24. The molecule has 1 nitrogen and oxygen atoms in total. The summed E-state index contributed by atoms with van der Waals surface area (Å²) in [6.07, 6.45) is 2.19. The van der Waals surface area contributed by atoms with Crippen molar-refractivity contribution >= 4 is 0 Å². The smallest absolute Gasteiger partial charge is 0.0456 e. The van der Waals surface area contributed by atoms with Crippen LogP contribution in [-0.2, 0) is 0 Å². The molecular weight excluding hydrogens is 136 g/mol. The first-order valence-corrected chi connectivity index (χ1v) is 4.31. The molecule has 0 radical (unpaired) electrons. The Hall–Kier alpha value is -0.300. The van der Waals surface area contributed by atoms with Crippen molar-refractivity contribution in [1.82, 2.24) is 0 Å². The molecule has 0 amide bonds. The van der Waals surface area contributed by atoms with E-state index in [4.69, 9.17) is 5.11 Å². The predicted molar refractivity (Wildman–Crippen MR) is 49.5 cm³/mol. The average Bonchev–Trinajstić information content (AvgIpc) is 1.85. The largest absolute Gasteiger partial charge is 0.396 e. The van der Waals surface area contributed by atoms with Crippen molar-refractivity contribution < 1.29 is 5.11 Å². The van der Waals surface area contributed by atoms with Crippen LogP contribution >= 0.6 is 0 Å². The van der Waals surface area contributed by atoms with E-state index in [0.717, 1.165) is 12.8 Å². The van der Waals surface area contributed by atoms with Crippen LogP contribution < -0.4 is 0 Å². The third-order valence-electron chi connectivity index (χ3n) is 1.81. The Morgan fingerprint density at radius 2 is 1.91 bits per heavy atom. The van der Waals surface area contributed by atoms with Crippen molar-refractivity contribution in [2.45, 2.75) is 33.6 Å². The fraction of sp³-hybridized carbons (Fsp3) is 0.800. The molecule has 0 aliphatic rings. The lowest BCUT2D eigenvalue weighted by molar-refractivity contribution is 0.215. The van der Waals surface area contributed by atoms with E-state index in [9.17, 15) is 0 Å². The highest BCUT2D eigenvalue weighted by Crippen LogP contribution is 2.17.